The fourth-order valence-electron chi connectivity index (χ4n) is 2.77. The van der Waals surface area contributed by atoms with Crippen molar-refractivity contribution in [3.63, 3.8) is 0 Å². The predicted molar refractivity (Wildman–Crippen MR) is 85.6 cm³/mol. The SMILES string of the molecule is CC(C)NCc1c(Cl)cccc1N(C)C1CCOC1C. The lowest BCUT2D eigenvalue weighted by Gasteiger charge is -2.31. The Bertz CT molecular complexity index is 450. The largest absolute Gasteiger partial charge is 0.376 e. The highest BCUT2D eigenvalue weighted by Gasteiger charge is 2.29. The summed E-state index contributed by atoms with van der Waals surface area (Å²) in [4.78, 5) is 2.32. The molecule has 2 atom stereocenters. The normalized spacial score (nSPS) is 22.5. The molecule has 1 aliphatic heterocycles. The van der Waals surface area contributed by atoms with E-state index in [1.54, 1.807) is 0 Å². The molecule has 2 unspecified atom stereocenters. The van der Waals surface area contributed by atoms with E-state index in [0.29, 0.717) is 12.1 Å². The van der Waals surface area contributed by atoms with Gasteiger partial charge < -0.3 is 15.0 Å². The van der Waals surface area contributed by atoms with Crippen LogP contribution in [0.25, 0.3) is 0 Å². The topological polar surface area (TPSA) is 24.5 Å². The first-order valence-corrected chi connectivity index (χ1v) is 7.73. The maximum absolute atomic E-state index is 6.40. The number of anilines is 1. The number of hydrogen-bond donors (Lipinski definition) is 1. The average Bonchev–Trinajstić information content (AvgIpc) is 2.82. The molecule has 0 bridgehead atoms. The van der Waals surface area contributed by atoms with Crippen molar-refractivity contribution in [3.05, 3.63) is 28.8 Å². The van der Waals surface area contributed by atoms with Gasteiger partial charge in [0.05, 0.1) is 12.1 Å². The van der Waals surface area contributed by atoms with E-state index in [4.69, 9.17) is 16.3 Å². The highest BCUT2D eigenvalue weighted by Crippen LogP contribution is 2.31. The zero-order valence-electron chi connectivity index (χ0n) is 12.8. The molecule has 1 N–H and O–H groups in total. The van der Waals surface area contributed by atoms with Crippen molar-refractivity contribution in [2.45, 2.75) is 51.9 Å². The summed E-state index contributed by atoms with van der Waals surface area (Å²) in [5.41, 5.74) is 2.37. The number of benzene rings is 1. The zero-order chi connectivity index (χ0) is 14.7. The molecule has 2 rings (SSSR count). The van der Waals surface area contributed by atoms with Crippen molar-refractivity contribution in [1.29, 1.82) is 0 Å². The molecule has 112 valence electrons. The molecule has 0 aromatic heterocycles. The van der Waals surface area contributed by atoms with Gasteiger partial charge in [-0.15, -0.1) is 0 Å². The Morgan fingerprint density at radius 1 is 1.45 bits per heavy atom. The fraction of sp³-hybridized carbons (Fsp3) is 0.625. The number of nitrogens with zero attached hydrogens (tertiary/aromatic N) is 1. The van der Waals surface area contributed by atoms with Crippen LogP contribution in [0.1, 0.15) is 32.8 Å². The number of hydrogen-bond acceptors (Lipinski definition) is 3. The van der Waals surface area contributed by atoms with E-state index in [0.717, 1.165) is 24.6 Å². The van der Waals surface area contributed by atoms with Gasteiger partial charge in [0, 0.05) is 42.5 Å². The highest BCUT2D eigenvalue weighted by atomic mass is 35.5. The molecule has 1 fully saturated rings. The molecule has 0 aliphatic carbocycles. The molecule has 0 amide bonds. The second kappa shape index (κ2) is 6.79. The summed E-state index contributed by atoms with van der Waals surface area (Å²) in [5, 5.41) is 4.29. The van der Waals surface area contributed by atoms with Gasteiger partial charge >= 0.3 is 0 Å². The number of nitrogens with one attached hydrogen (secondary N) is 1. The lowest BCUT2D eigenvalue weighted by atomic mass is 10.1. The van der Waals surface area contributed by atoms with Gasteiger partial charge in [0.25, 0.3) is 0 Å². The second-order valence-electron chi connectivity index (χ2n) is 5.82. The summed E-state index contributed by atoms with van der Waals surface area (Å²) in [7, 11) is 2.14. The number of halogens is 1. The van der Waals surface area contributed by atoms with Crippen molar-refractivity contribution in [1.82, 2.24) is 5.32 Å². The van der Waals surface area contributed by atoms with Crippen LogP contribution in [-0.2, 0) is 11.3 Å². The van der Waals surface area contributed by atoms with E-state index in [9.17, 15) is 0 Å². The van der Waals surface area contributed by atoms with E-state index >= 15 is 0 Å². The summed E-state index contributed by atoms with van der Waals surface area (Å²) >= 11 is 6.40. The Morgan fingerprint density at radius 2 is 2.20 bits per heavy atom. The minimum atomic E-state index is 0.268. The lowest BCUT2D eigenvalue weighted by molar-refractivity contribution is 0.118. The van der Waals surface area contributed by atoms with Gasteiger partial charge in [0.15, 0.2) is 0 Å². The molecule has 20 heavy (non-hydrogen) atoms. The standard InChI is InChI=1S/C16H25ClN2O/c1-11(2)18-10-13-14(17)6-5-7-16(13)19(4)15-8-9-20-12(15)3/h5-7,11-12,15,18H,8-10H2,1-4H3. The molecular weight excluding hydrogens is 272 g/mol. The molecule has 4 heteroatoms. The summed E-state index contributed by atoms with van der Waals surface area (Å²) in [6, 6.07) is 7.00. The number of likely N-dealkylation sites (N-methyl/N-ethyl adjacent to an activating group) is 1. The van der Waals surface area contributed by atoms with Gasteiger partial charge in [0.2, 0.25) is 0 Å². The van der Waals surface area contributed by atoms with Gasteiger partial charge in [-0.1, -0.05) is 31.5 Å². The Labute approximate surface area is 127 Å². The maximum Gasteiger partial charge on any atom is 0.0750 e. The van der Waals surface area contributed by atoms with Crippen LogP contribution in [0.2, 0.25) is 5.02 Å². The second-order valence-corrected chi connectivity index (χ2v) is 6.22. The third kappa shape index (κ3) is 3.46. The van der Waals surface area contributed by atoms with Crippen LogP contribution >= 0.6 is 11.6 Å². The molecule has 1 aliphatic rings. The fourth-order valence-corrected chi connectivity index (χ4v) is 3.00. The van der Waals surface area contributed by atoms with Gasteiger partial charge in [-0.3, -0.25) is 0 Å². The van der Waals surface area contributed by atoms with Crippen LogP contribution < -0.4 is 10.2 Å². The van der Waals surface area contributed by atoms with Gasteiger partial charge in [-0.2, -0.15) is 0 Å². The lowest BCUT2D eigenvalue weighted by Crippen LogP contribution is -2.37. The Balaban J connectivity index is 2.23. The molecule has 1 aromatic rings. The molecule has 0 radical (unpaired) electrons. The van der Waals surface area contributed by atoms with Crippen LogP contribution in [0.15, 0.2) is 18.2 Å². The number of rotatable bonds is 5. The molecule has 0 spiro atoms. The zero-order valence-corrected chi connectivity index (χ0v) is 13.6. The summed E-state index contributed by atoms with van der Waals surface area (Å²) in [5.74, 6) is 0. The van der Waals surface area contributed by atoms with Crippen molar-refractivity contribution in [3.8, 4) is 0 Å². The van der Waals surface area contributed by atoms with Crippen molar-refractivity contribution >= 4 is 17.3 Å². The smallest absolute Gasteiger partial charge is 0.0750 e. The van der Waals surface area contributed by atoms with Gasteiger partial charge in [0.1, 0.15) is 0 Å². The maximum atomic E-state index is 6.40. The third-order valence-electron chi connectivity index (χ3n) is 3.99. The number of ether oxygens (including phenoxy) is 1. The van der Waals surface area contributed by atoms with E-state index in [1.165, 1.54) is 11.3 Å². The van der Waals surface area contributed by atoms with Crippen molar-refractivity contribution in [2.75, 3.05) is 18.6 Å². The van der Waals surface area contributed by atoms with E-state index in [-0.39, 0.29) is 6.10 Å². The Morgan fingerprint density at radius 3 is 2.80 bits per heavy atom. The monoisotopic (exact) mass is 296 g/mol. The highest BCUT2D eigenvalue weighted by molar-refractivity contribution is 6.31. The molecular formula is C16H25ClN2O. The summed E-state index contributed by atoms with van der Waals surface area (Å²) in [6.45, 7) is 8.07. The van der Waals surface area contributed by atoms with Crippen molar-refractivity contribution in [2.24, 2.45) is 0 Å². The van der Waals surface area contributed by atoms with Crippen LogP contribution in [0, 0.1) is 0 Å². The first-order chi connectivity index (χ1) is 9.50. The summed E-state index contributed by atoms with van der Waals surface area (Å²) < 4.78 is 5.69. The van der Waals surface area contributed by atoms with Crippen LogP contribution in [-0.4, -0.2) is 31.8 Å². The van der Waals surface area contributed by atoms with Crippen molar-refractivity contribution < 1.29 is 4.74 Å². The first-order valence-electron chi connectivity index (χ1n) is 7.36. The van der Waals surface area contributed by atoms with Gasteiger partial charge in [-0.25, -0.2) is 0 Å². The molecule has 0 saturated carbocycles. The molecule has 1 aromatic carbocycles. The molecule has 3 nitrogen and oxygen atoms in total. The first kappa shape index (κ1) is 15.6. The third-order valence-corrected chi connectivity index (χ3v) is 4.35. The van der Waals surface area contributed by atoms with E-state index in [2.05, 4.69) is 44.1 Å². The molecule has 1 heterocycles. The minimum absolute atomic E-state index is 0.268. The van der Waals surface area contributed by atoms with Crippen LogP contribution in [0.4, 0.5) is 5.69 Å². The Kier molecular flexibility index (Phi) is 5.30. The molecule has 1 saturated heterocycles. The van der Waals surface area contributed by atoms with Crippen LogP contribution in [0.3, 0.4) is 0 Å². The predicted octanol–water partition coefficient (Wildman–Crippen LogP) is 3.45. The van der Waals surface area contributed by atoms with E-state index in [1.807, 2.05) is 12.1 Å². The summed E-state index contributed by atoms with van der Waals surface area (Å²) in [6.07, 6.45) is 1.34. The van der Waals surface area contributed by atoms with E-state index < -0.39 is 0 Å². The van der Waals surface area contributed by atoms with Crippen LogP contribution in [0.5, 0.6) is 0 Å². The Hall–Kier alpha value is -0.770. The van der Waals surface area contributed by atoms with Gasteiger partial charge in [-0.05, 0) is 25.5 Å². The quantitative estimate of drug-likeness (QED) is 0.901. The average molecular weight is 297 g/mol. The minimum Gasteiger partial charge on any atom is -0.376 e.